The Morgan fingerprint density at radius 1 is 1.77 bits per heavy atom. The monoisotopic (exact) mass is 179 g/mol. The summed E-state index contributed by atoms with van der Waals surface area (Å²) in [7, 11) is 0. The molecule has 0 aliphatic rings. The van der Waals surface area contributed by atoms with E-state index in [-0.39, 0.29) is 5.91 Å². The maximum absolute atomic E-state index is 11.1. The molecule has 0 aliphatic heterocycles. The highest BCUT2D eigenvalue weighted by Gasteiger charge is 1.96. The minimum atomic E-state index is -0.116. The first-order valence-corrected chi connectivity index (χ1v) is 4.29. The second kappa shape index (κ2) is 5.13. The Bertz CT molecular complexity index is 277. The first kappa shape index (κ1) is 9.51. The summed E-state index contributed by atoms with van der Waals surface area (Å²) in [4.78, 5) is 11.1. The van der Waals surface area contributed by atoms with Gasteiger partial charge in [0.2, 0.25) is 5.91 Å². The molecule has 1 aromatic rings. The van der Waals surface area contributed by atoms with Gasteiger partial charge in [-0.2, -0.15) is 5.10 Å². The second-order valence-electron chi connectivity index (χ2n) is 2.67. The average Bonchev–Trinajstić information content (AvgIpc) is 2.57. The van der Waals surface area contributed by atoms with Crippen LogP contribution in [0.4, 0.5) is 5.69 Å². The molecule has 0 saturated heterocycles. The van der Waals surface area contributed by atoms with Gasteiger partial charge in [-0.25, -0.2) is 0 Å². The lowest BCUT2D eigenvalue weighted by Crippen LogP contribution is -2.06. The molecular weight excluding hydrogens is 166 g/mol. The van der Waals surface area contributed by atoms with E-state index < -0.39 is 0 Å². The number of hydrogen-bond donors (Lipinski definition) is 2. The highest BCUT2D eigenvalue weighted by molar-refractivity contribution is 5.98. The van der Waals surface area contributed by atoms with Gasteiger partial charge in [0.25, 0.3) is 0 Å². The standard InChI is InChI=1S/C9H13N3O/c1-2-3-4-5-9(13)12-8-6-10-11-7-8/h4-7H,2-3H2,1H3,(H,10,11)(H,12,13). The third kappa shape index (κ3) is 3.55. The predicted octanol–water partition coefficient (Wildman–Crippen LogP) is 1.70. The lowest BCUT2D eigenvalue weighted by Gasteiger charge is -1.94. The van der Waals surface area contributed by atoms with Crippen molar-refractivity contribution in [2.75, 3.05) is 5.32 Å². The van der Waals surface area contributed by atoms with Crippen LogP contribution in [0.25, 0.3) is 0 Å². The van der Waals surface area contributed by atoms with Gasteiger partial charge < -0.3 is 5.32 Å². The molecule has 0 radical (unpaired) electrons. The lowest BCUT2D eigenvalue weighted by molar-refractivity contribution is -0.111. The molecule has 0 unspecified atom stereocenters. The molecule has 2 N–H and O–H groups in total. The van der Waals surface area contributed by atoms with Crippen LogP contribution >= 0.6 is 0 Å². The van der Waals surface area contributed by atoms with Crippen molar-refractivity contribution < 1.29 is 4.79 Å². The summed E-state index contributed by atoms with van der Waals surface area (Å²) in [5.41, 5.74) is 0.686. The second-order valence-corrected chi connectivity index (χ2v) is 2.67. The normalized spacial score (nSPS) is 10.5. The number of anilines is 1. The van der Waals surface area contributed by atoms with Crippen molar-refractivity contribution in [2.24, 2.45) is 0 Å². The van der Waals surface area contributed by atoms with Crippen LogP contribution < -0.4 is 5.32 Å². The quantitative estimate of drug-likeness (QED) is 0.691. The number of nitrogens with one attached hydrogen (secondary N) is 2. The van der Waals surface area contributed by atoms with Crippen LogP contribution in [-0.4, -0.2) is 16.1 Å². The Labute approximate surface area is 77.0 Å². The van der Waals surface area contributed by atoms with E-state index in [1.54, 1.807) is 12.4 Å². The summed E-state index contributed by atoms with van der Waals surface area (Å²) in [6.45, 7) is 2.07. The third-order valence-electron chi connectivity index (χ3n) is 1.49. The Hall–Kier alpha value is -1.58. The van der Waals surface area contributed by atoms with Gasteiger partial charge in [-0.15, -0.1) is 0 Å². The summed E-state index contributed by atoms with van der Waals surface area (Å²) in [5.74, 6) is -0.116. The lowest BCUT2D eigenvalue weighted by atomic mass is 10.3. The fourth-order valence-corrected chi connectivity index (χ4v) is 0.860. The minimum absolute atomic E-state index is 0.116. The Morgan fingerprint density at radius 3 is 3.23 bits per heavy atom. The SMILES string of the molecule is CCCC=CC(=O)Nc1cn[nH]c1. The molecular formula is C9H13N3O. The maximum Gasteiger partial charge on any atom is 0.248 e. The molecule has 4 nitrogen and oxygen atoms in total. The number of H-pyrrole nitrogens is 1. The number of aromatic nitrogens is 2. The van der Waals surface area contributed by atoms with Crippen LogP contribution in [0.15, 0.2) is 24.5 Å². The van der Waals surface area contributed by atoms with Gasteiger partial charge in [0.05, 0.1) is 11.9 Å². The molecule has 1 amide bonds. The molecule has 0 aliphatic carbocycles. The number of unbranched alkanes of at least 4 members (excludes halogenated alkanes) is 1. The smallest absolute Gasteiger partial charge is 0.248 e. The number of aromatic amines is 1. The fourth-order valence-electron chi connectivity index (χ4n) is 0.860. The summed E-state index contributed by atoms with van der Waals surface area (Å²) in [6, 6.07) is 0. The first-order valence-electron chi connectivity index (χ1n) is 4.29. The third-order valence-corrected chi connectivity index (χ3v) is 1.49. The summed E-state index contributed by atoms with van der Waals surface area (Å²) >= 11 is 0. The van der Waals surface area contributed by atoms with Gasteiger partial charge in [0, 0.05) is 6.20 Å². The predicted molar refractivity (Wildman–Crippen MR) is 51.3 cm³/mol. The van der Waals surface area contributed by atoms with Crippen molar-refractivity contribution in [1.29, 1.82) is 0 Å². The molecule has 0 atom stereocenters. The van der Waals surface area contributed by atoms with Crippen LogP contribution in [0.5, 0.6) is 0 Å². The van der Waals surface area contributed by atoms with E-state index in [2.05, 4.69) is 22.4 Å². The summed E-state index contributed by atoms with van der Waals surface area (Å²) in [6.07, 6.45) is 8.57. The molecule has 0 aromatic carbocycles. The molecule has 0 bridgehead atoms. The number of carbonyl (C=O) groups excluding carboxylic acids is 1. The van der Waals surface area contributed by atoms with Crippen molar-refractivity contribution in [1.82, 2.24) is 10.2 Å². The van der Waals surface area contributed by atoms with Crippen molar-refractivity contribution in [3.63, 3.8) is 0 Å². The van der Waals surface area contributed by atoms with Gasteiger partial charge in [-0.1, -0.05) is 19.4 Å². The number of allylic oxidation sites excluding steroid dienone is 1. The fraction of sp³-hybridized carbons (Fsp3) is 0.333. The molecule has 0 spiro atoms. The van der Waals surface area contributed by atoms with Gasteiger partial charge in [-0.3, -0.25) is 9.89 Å². The van der Waals surface area contributed by atoms with Gasteiger partial charge in [-0.05, 0) is 12.5 Å². The summed E-state index contributed by atoms with van der Waals surface area (Å²) < 4.78 is 0. The zero-order valence-electron chi connectivity index (χ0n) is 7.58. The highest BCUT2D eigenvalue weighted by Crippen LogP contribution is 2.00. The number of amides is 1. The number of carbonyl (C=O) groups is 1. The highest BCUT2D eigenvalue weighted by atomic mass is 16.1. The van der Waals surface area contributed by atoms with E-state index in [0.29, 0.717) is 5.69 Å². The molecule has 70 valence electrons. The molecule has 4 heteroatoms. The van der Waals surface area contributed by atoms with E-state index >= 15 is 0 Å². The number of hydrogen-bond acceptors (Lipinski definition) is 2. The summed E-state index contributed by atoms with van der Waals surface area (Å²) in [5, 5.41) is 8.98. The van der Waals surface area contributed by atoms with Crippen LogP contribution in [0.2, 0.25) is 0 Å². The Morgan fingerprint density at radius 2 is 2.62 bits per heavy atom. The zero-order chi connectivity index (χ0) is 9.52. The zero-order valence-corrected chi connectivity index (χ0v) is 7.58. The topological polar surface area (TPSA) is 57.8 Å². The largest absolute Gasteiger partial charge is 0.320 e. The van der Waals surface area contributed by atoms with Crippen molar-refractivity contribution in [3.05, 3.63) is 24.5 Å². The first-order chi connectivity index (χ1) is 6.33. The average molecular weight is 179 g/mol. The molecule has 1 heterocycles. The van der Waals surface area contributed by atoms with E-state index in [4.69, 9.17) is 0 Å². The van der Waals surface area contributed by atoms with Gasteiger partial charge in [0.1, 0.15) is 0 Å². The number of nitrogens with zero attached hydrogens (tertiary/aromatic N) is 1. The molecule has 1 rings (SSSR count). The van der Waals surface area contributed by atoms with Crippen LogP contribution in [-0.2, 0) is 4.79 Å². The Kier molecular flexibility index (Phi) is 3.75. The van der Waals surface area contributed by atoms with E-state index in [1.807, 2.05) is 6.08 Å². The molecule has 1 aromatic heterocycles. The van der Waals surface area contributed by atoms with E-state index in [1.165, 1.54) is 6.08 Å². The number of rotatable bonds is 4. The Balaban J connectivity index is 2.34. The van der Waals surface area contributed by atoms with Crippen LogP contribution in [0.1, 0.15) is 19.8 Å². The van der Waals surface area contributed by atoms with Crippen molar-refractivity contribution >= 4 is 11.6 Å². The van der Waals surface area contributed by atoms with Crippen LogP contribution in [0, 0.1) is 0 Å². The molecule has 0 fully saturated rings. The van der Waals surface area contributed by atoms with E-state index in [9.17, 15) is 4.79 Å². The van der Waals surface area contributed by atoms with E-state index in [0.717, 1.165) is 12.8 Å². The molecule has 0 saturated carbocycles. The van der Waals surface area contributed by atoms with Crippen LogP contribution in [0.3, 0.4) is 0 Å². The van der Waals surface area contributed by atoms with Crippen molar-refractivity contribution in [2.45, 2.75) is 19.8 Å². The maximum atomic E-state index is 11.1. The minimum Gasteiger partial charge on any atom is -0.320 e. The molecule has 13 heavy (non-hydrogen) atoms. The van der Waals surface area contributed by atoms with Crippen molar-refractivity contribution in [3.8, 4) is 0 Å². The van der Waals surface area contributed by atoms with Gasteiger partial charge >= 0.3 is 0 Å². The van der Waals surface area contributed by atoms with Gasteiger partial charge in [0.15, 0.2) is 0 Å².